The Morgan fingerprint density at radius 2 is 1.00 bits per heavy atom. The number of esters is 1. The number of ether oxygens (including phenoxy) is 2. The average Bonchev–Trinajstić information content (AvgIpc) is 3.23. The van der Waals surface area contributed by atoms with E-state index in [9.17, 15) is 41.8 Å². The largest absolute Gasteiger partial charge is 0.478 e. The fourth-order valence-corrected chi connectivity index (χ4v) is 5.65. The first-order valence-electron chi connectivity index (χ1n) is 19.0. The third kappa shape index (κ3) is 16.9. The fourth-order valence-electron chi connectivity index (χ4n) is 5.27. The number of halogens is 5. The molecule has 4 N–H and O–H groups in total. The number of carbonyl (C=O) groups is 4. The summed E-state index contributed by atoms with van der Waals surface area (Å²) in [6.45, 7) is 11.0. The third-order valence-electron chi connectivity index (χ3n) is 9.02. The van der Waals surface area contributed by atoms with Crippen molar-refractivity contribution < 1.29 is 56.4 Å². The summed E-state index contributed by atoms with van der Waals surface area (Å²) in [4.78, 5) is 46.7. The van der Waals surface area contributed by atoms with Crippen LogP contribution in [0.3, 0.4) is 0 Å². The van der Waals surface area contributed by atoms with Crippen molar-refractivity contribution in [3.05, 3.63) is 142 Å². The number of alkyl halides is 5. The molecule has 0 fully saturated rings. The van der Waals surface area contributed by atoms with E-state index in [2.05, 4.69) is 31.3 Å². The van der Waals surface area contributed by atoms with Gasteiger partial charge in [0.25, 0.3) is 12.9 Å². The molecule has 0 bridgehead atoms. The number of rotatable bonds is 16. The van der Waals surface area contributed by atoms with E-state index >= 15 is 0 Å². The topological polar surface area (TPSA) is 151 Å². The van der Waals surface area contributed by atoms with Gasteiger partial charge in [-0.05, 0) is 72.2 Å². The Kier molecular flexibility index (Phi) is 21.7. The van der Waals surface area contributed by atoms with Crippen LogP contribution in [0.5, 0.6) is 0 Å². The lowest BCUT2D eigenvalue weighted by Crippen LogP contribution is -2.40. The van der Waals surface area contributed by atoms with Gasteiger partial charge in [0.2, 0.25) is 11.8 Å². The van der Waals surface area contributed by atoms with Crippen molar-refractivity contribution in [2.24, 2.45) is 11.8 Å². The molecule has 0 aromatic heterocycles. The maximum atomic E-state index is 12.7. The van der Waals surface area contributed by atoms with Crippen LogP contribution in [0.15, 0.2) is 97.1 Å². The van der Waals surface area contributed by atoms with Crippen LogP contribution in [-0.4, -0.2) is 53.3 Å². The van der Waals surface area contributed by atoms with Gasteiger partial charge in [-0.1, -0.05) is 116 Å². The number of carboxylic acids is 1. The summed E-state index contributed by atoms with van der Waals surface area (Å²) in [6, 6.07) is 24.6. The molecule has 0 aliphatic rings. The summed E-state index contributed by atoms with van der Waals surface area (Å²) < 4.78 is 59.6. The zero-order valence-electron chi connectivity index (χ0n) is 34.5. The number of methoxy groups -OCH3 is 1. The lowest BCUT2D eigenvalue weighted by atomic mass is 10.0. The zero-order valence-corrected chi connectivity index (χ0v) is 36.1. The number of amides is 2. The second kappa shape index (κ2) is 25.5. The molecule has 15 heteroatoms. The van der Waals surface area contributed by atoms with Gasteiger partial charge in [0.05, 0.1) is 36.9 Å². The second-order valence-corrected chi connectivity index (χ2v) is 14.9. The molecule has 10 nitrogen and oxygen atoms in total. The van der Waals surface area contributed by atoms with E-state index in [0.29, 0.717) is 16.5 Å². The molecule has 0 aliphatic carbocycles. The van der Waals surface area contributed by atoms with Gasteiger partial charge in [0.1, 0.15) is 12.2 Å². The van der Waals surface area contributed by atoms with Gasteiger partial charge in [0.15, 0.2) is 0 Å². The Bertz CT molecular complexity index is 1930. The van der Waals surface area contributed by atoms with Crippen LogP contribution in [0.4, 0.5) is 17.6 Å². The minimum Gasteiger partial charge on any atom is -0.478 e. The van der Waals surface area contributed by atoms with Crippen molar-refractivity contribution in [3.8, 4) is 0 Å². The van der Waals surface area contributed by atoms with Crippen LogP contribution in [0.2, 0.25) is 0 Å². The van der Waals surface area contributed by atoms with Crippen LogP contribution in [-0.2, 0) is 31.0 Å². The Labute approximate surface area is 356 Å². The molecule has 0 heterocycles. The SMILES string of the molecule is CC(C)[C@@H](OCc1ccc(C(F)F)cc1)C(=O)N[C@@H](C)c1ccc(C(=O)O)cc1.COC(=O)c1ccc([C@H](C)NC(=O)[C@H](O)C(C)C)cc1.FC(F)c1ccc(CBr)cc1. The first-order chi connectivity index (χ1) is 28.3. The Hall–Kier alpha value is -5.12. The molecule has 0 unspecified atom stereocenters. The molecule has 0 spiro atoms. The molecule has 2 amide bonds. The Balaban J connectivity index is 0.000000344. The maximum absolute atomic E-state index is 12.7. The maximum Gasteiger partial charge on any atom is 0.337 e. The zero-order chi connectivity index (χ0) is 45.1. The molecular formula is C45H53BrF4N2O8. The van der Waals surface area contributed by atoms with Gasteiger partial charge in [-0.3, -0.25) is 9.59 Å². The summed E-state index contributed by atoms with van der Waals surface area (Å²) in [5.74, 6) is -2.34. The van der Waals surface area contributed by atoms with Gasteiger partial charge in [-0.15, -0.1) is 0 Å². The van der Waals surface area contributed by atoms with Crippen molar-refractivity contribution in [2.45, 2.75) is 90.6 Å². The number of carbonyl (C=O) groups excluding carboxylic acids is 3. The Morgan fingerprint density at radius 1 is 0.600 bits per heavy atom. The quantitative estimate of drug-likeness (QED) is 0.0493. The molecule has 0 saturated carbocycles. The highest BCUT2D eigenvalue weighted by atomic mass is 79.9. The van der Waals surface area contributed by atoms with E-state index in [1.54, 1.807) is 81.4 Å². The predicted molar refractivity (Wildman–Crippen MR) is 224 cm³/mol. The first-order valence-corrected chi connectivity index (χ1v) is 20.1. The number of aromatic carboxylic acids is 1. The third-order valence-corrected chi connectivity index (χ3v) is 9.67. The van der Waals surface area contributed by atoms with Gasteiger partial charge < -0.3 is 30.3 Å². The number of benzene rings is 4. The summed E-state index contributed by atoms with van der Waals surface area (Å²) in [7, 11) is 1.33. The highest BCUT2D eigenvalue weighted by Gasteiger charge is 2.25. The van der Waals surface area contributed by atoms with E-state index in [-0.39, 0.29) is 53.1 Å². The van der Waals surface area contributed by atoms with Gasteiger partial charge in [-0.2, -0.15) is 0 Å². The summed E-state index contributed by atoms with van der Waals surface area (Å²) in [5, 5.41) is 24.9. The number of hydrogen-bond acceptors (Lipinski definition) is 7. The summed E-state index contributed by atoms with van der Waals surface area (Å²) in [5.41, 5.74) is 3.98. The number of hydrogen-bond donors (Lipinski definition) is 4. The van der Waals surface area contributed by atoms with Crippen molar-refractivity contribution >= 4 is 39.7 Å². The van der Waals surface area contributed by atoms with E-state index in [1.807, 2.05) is 20.8 Å². The monoisotopic (exact) mass is 904 g/mol. The van der Waals surface area contributed by atoms with Crippen molar-refractivity contribution in [1.82, 2.24) is 10.6 Å². The van der Waals surface area contributed by atoms with E-state index < -0.39 is 42.9 Å². The smallest absolute Gasteiger partial charge is 0.337 e. The van der Waals surface area contributed by atoms with Crippen LogP contribution >= 0.6 is 15.9 Å². The van der Waals surface area contributed by atoms with Gasteiger partial charge in [0, 0.05) is 16.5 Å². The fraction of sp³-hybridized carbons (Fsp3) is 0.378. The van der Waals surface area contributed by atoms with Gasteiger partial charge in [-0.25, -0.2) is 27.2 Å². The molecule has 4 aromatic carbocycles. The van der Waals surface area contributed by atoms with Crippen molar-refractivity contribution in [2.75, 3.05) is 7.11 Å². The number of nitrogens with one attached hydrogen (secondary N) is 2. The molecule has 4 aromatic rings. The second-order valence-electron chi connectivity index (χ2n) is 14.4. The molecule has 0 radical (unpaired) electrons. The van der Waals surface area contributed by atoms with Gasteiger partial charge >= 0.3 is 11.9 Å². The molecule has 4 atom stereocenters. The number of aliphatic hydroxyl groups excluding tert-OH is 1. The van der Waals surface area contributed by atoms with E-state index in [1.165, 1.54) is 43.5 Å². The first kappa shape index (κ1) is 51.0. The average molecular weight is 906 g/mol. The van der Waals surface area contributed by atoms with Crippen LogP contribution < -0.4 is 10.6 Å². The lowest BCUT2D eigenvalue weighted by molar-refractivity contribution is -0.137. The lowest BCUT2D eigenvalue weighted by Gasteiger charge is -2.23. The number of carboxylic acid groups (broad SMARTS) is 1. The highest BCUT2D eigenvalue weighted by molar-refractivity contribution is 9.08. The predicted octanol–water partition coefficient (Wildman–Crippen LogP) is 9.93. The number of aliphatic hydroxyl groups is 1. The molecule has 60 heavy (non-hydrogen) atoms. The van der Waals surface area contributed by atoms with Crippen LogP contribution in [0.1, 0.15) is 121 Å². The standard InChI is InChI=1S/C22H25F2NO4.C15H21NO4.C8H7BrF2/c1-13(2)19(29-12-15-4-6-17(7-5-15)20(23)24)21(26)25-14(3)16-8-10-18(11-9-16)22(27)28;1-9(2)13(17)14(18)16-10(3)11-5-7-12(8-6-11)15(19)20-4;9-5-6-1-3-7(4-2-6)8(10)11/h4-11,13-14,19-20H,12H2,1-3H3,(H,25,26)(H,27,28);5-10,13,17H,1-4H3,(H,16,18);1-4,8H,5H2/t14-,19+;10-,13+;/m00./s1. The van der Waals surface area contributed by atoms with Crippen molar-refractivity contribution in [1.29, 1.82) is 0 Å². The minimum absolute atomic E-state index is 0.0605. The van der Waals surface area contributed by atoms with E-state index in [0.717, 1.165) is 16.7 Å². The van der Waals surface area contributed by atoms with E-state index in [4.69, 9.17) is 9.84 Å². The van der Waals surface area contributed by atoms with Crippen molar-refractivity contribution in [3.63, 3.8) is 0 Å². The highest BCUT2D eigenvalue weighted by Crippen LogP contribution is 2.22. The Morgan fingerprint density at radius 3 is 1.37 bits per heavy atom. The normalized spacial score (nSPS) is 12.9. The molecule has 0 saturated heterocycles. The summed E-state index contributed by atoms with van der Waals surface area (Å²) in [6.07, 6.45) is -6.62. The molecule has 0 aliphatic heterocycles. The van der Waals surface area contributed by atoms with Crippen LogP contribution in [0, 0.1) is 11.8 Å². The van der Waals surface area contributed by atoms with Crippen LogP contribution in [0.25, 0.3) is 0 Å². The molecular weight excluding hydrogens is 852 g/mol. The molecule has 326 valence electrons. The minimum atomic E-state index is -2.52. The summed E-state index contributed by atoms with van der Waals surface area (Å²) >= 11 is 3.23. The molecule has 4 rings (SSSR count).